The highest BCUT2D eigenvalue weighted by atomic mass is 16.5. The van der Waals surface area contributed by atoms with Gasteiger partial charge in [0, 0.05) is 24.8 Å². The van der Waals surface area contributed by atoms with E-state index < -0.39 is 0 Å². The van der Waals surface area contributed by atoms with Crippen LogP contribution in [0.3, 0.4) is 0 Å². The first-order valence-corrected chi connectivity index (χ1v) is 6.11. The molecule has 0 amide bonds. The van der Waals surface area contributed by atoms with Gasteiger partial charge >= 0.3 is 0 Å². The zero-order valence-corrected chi connectivity index (χ0v) is 11.2. The molecule has 3 heteroatoms. The van der Waals surface area contributed by atoms with Crippen LogP contribution in [0.1, 0.15) is 24.0 Å². The van der Waals surface area contributed by atoms with Crippen molar-refractivity contribution in [1.29, 1.82) is 0 Å². The molecule has 0 unspecified atom stereocenters. The molecule has 1 aromatic carbocycles. The second kappa shape index (κ2) is 4.22. The molecular weight excluding hydrogens is 212 g/mol. The molecule has 2 N–H and O–H groups in total. The van der Waals surface area contributed by atoms with Crippen LogP contribution in [0.15, 0.2) is 12.1 Å². The average molecular weight is 234 g/mol. The topological polar surface area (TPSA) is 38.5 Å². The van der Waals surface area contributed by atoms with Gasteiger partial charge in [0.25, 0.3) is 0 Å². The van der Waals surface area contributed by atoms with Crippen molar-refractivity contribution in [3.8, 4) is 5.75 Å². The van der Waals surface area contributed by atoms with Crippen LogP contribution in [0, 0.1) is 13.8 Å². The third kappa shape index (κ3) is 2.39. The van der Waals surface area contributed by atoms with E-state index in [1.54, 1.807) is 7.11 Å². The minimum atomic E-state index is 0.0506. The number of hydrogen-bond acceptors (Lipinski definition) is 3. The van der Waals surface area contributed by atoms with Gasteiger partial charge in [-0.05, 0) is 49.9 Å². The van der Waals surface area contributed by atoms with Crippen LogP contribution in [0.25, 0.3) is 0 Å². The van der Waals surface area contributed by atoms with E-state index in [9.17, 15) is 0 Å². The lowest BCUT2D eigenvalue weighted by Crippen LogP contribution is -2.37. The summed E-state index contributed by atoms with van der Waals surface area (Å²) in [5, 5.41) is 0. The molecule has 0 radical (unpaired) electrons. The SMILES string of the molecule is COc1ccc(N(C)CC2(N)CC2)c(C)c1C. The lowest BCUT2D eigenvalue weighted by Gasteiger charge is -2.26. The van der Waals surface area contributed by atoms with Gasteiger partial charge in [0.1, 0.15) is 5.75 Å². The molecule has 0 spiro atoms. The first-order valence-electron chi connectivity index (χ1n) is 6.11. The summed E-state index contributed by atoms with van der Waals surface area (Å²) in [4.78, 5) is 2.26. The van der Waals surface area contributed by atoms with Crippen LogP contribution in [0.2, 0.25) is 0 Å². The Labute approximate surface area is 104 Å². The predicted octanol–water partition coefficient (Wildman–Crippen LogP) is 2.24. The van der Waals surface area contributed by atoms with E-state index in [1.165, 1.54) is 16.8 Å². The fourth-order valence-electron chi connectivity index (χ4n) is 2.29. The van der Waals surface area contributed by atoms with Gasteiger partial charge in [-0.3, -0.25) is 0 Å². The molecule has 0 aliphatic heterocycles. The van der Waals surface area contributed by atoms with E-state index in [0.29, 0.717) is 0 Å². The molecule has 1 saturated carbocycles. The number of benzene rings is 1. The maximum Gasteiger partial charge on any atom is 0.122 e. The lowest BCUT2D eigenvalue weighted by molar-refractivity contribution is 0.411. The molecule has 0 aromatic heterocycles. The van der Waals surface area contributed by atoms with Gasteiger partial charge < -0.3 is 15.4 Å². The normalized spacial score (nSPS) is 16.8. The van der Waals surface area contributed by atoms with E-state index in [4.69, 9.17) is 10.5 Å². The van der Waals surface area contributed by atoms with Gasteiger partial charge in [-0.1, -0.05) is 0 Å². The zero-order valence-electron chi connectivity index (χ0n) is 11.2. The Morgan fingerprint density at radius 3 is 2.47 bits per heavy atom. The van der Waals surface area contributed by atoms with Crippen LogP contribution >= 0.6 is 0 Å². The highest BCUT2D eigenvalue weighted by molar-refractivity contribution is 5.59. The average Bonchev–Trinajstić information content (AvgIpc) is 2.99. The molecule has 0 saturated heterocycles. The van der Waals surface area contributed by atoms with Crippen LogP contribution < -0.4 is 15.4 Å². The van der Waals surface area contributed by atoms with Crippen LogP contribution in [0.4, 0.5) is 5.69 Å². The number of hydrogen-bond donors (Lipinski definition) is 1. The molecule has 1 aliphatic carbocycles. The monoisotopic (exact) mass is 234 g/mol. The number of methoxy groups -OCH3 is 1. The molecule has 0 bridgehead atoms. The van der Waals surface area contributed by atoms with Gasteiger partial charge in [-0.15, -0.1) is 0 Å². The molecular formula is C14H22N2O. The molecule has 0 atom stereocenters. The first kappa shape index (κ1) is 12.2. The van der Waals surface area contributed by atoms with Gasteiger partial charge in [-0.25, -0.2) is 0 Å². The van der Waals surface area contributed by atoms with Gasteiger partial charge in [0.2, 0.25) is 0 Å². The minimum absolute atomic E-state index is 0.0506. The van der Waals surface area contributed by atoms with Crippen molar-refractivity contribution in [3.05, 3.63) is 23.3 Å². The second-order valence-corrected chi connectivity index (χ2v) is 5.26. The van der Waals surface area contributed by atoms with Crippen LogP contribution in [0.5, 0.6) is 5.75 Å². The largest absolute Gasteiger partial charge is 0.496 e. The van der Waals surface area contributed by atoms with E-state index >= 15 is 0 Å². The Morgan fingerprint density at radius 2 is 1.94 bits per heavy atom. The minimum Gasteiger partial charge on any atom is -0.496 e. The van der Waals surface area contributed by atoms with Crippen molar-refractivity contribution < 1.29 is 4.74 Å². The van der Waals surface area contributed by atoms with Crippen molar-refractivity contribution in [1.82, 2.24) is 0 Å². The summed E-state index contributed by atoms with van der Waals surface area (Å²) in [6.45, 7) is 5.17. The fourth-order valence-corrected chi connectivity index (χ4v) is 2.29. The van der Waals surface area contributed by atoms with E-state index in [-0.39, 0.29) is 5.54 Å². The summed E-state index contributed by atoms with van der Waals surface area (Å²) in [5.74, 6) is 0.952. The highest BCUT2D eigenvalue weighted by Gasteiger charge is 2.39. The number of rotatable bonds is 4. The van der Waals surface area contributed by atoms with Crippen LogP contribution in [-0.4, -0.2) is 26.2 Å². The summed E-state index contributed by atoms with van der Waals surface area (Å²) in [6, 6.07) is 4.15. The smallest absolute Gasteiger partial charge is 0.122 e. The van der Waals surface area contributed by atoms with Gasteiger partial charge in [0.15, 0.2) is 0 Å². The molecule has 2 rings (SSSR count). The molecule has 17 heavy (non-hydrogen) atoms. The standard InChI is InChI=1S/C14H22N2O/c1-10-11(2)13(17-4)6-5-12(10)16(3)9-14(15)7-8-14/h5-6H,7-9,15H2,1-4H3. The number of nitrogens with two attached hydrogens (primary N) is 1. The van der Waals surface area contributed by atoms with E-state index in [0.717, 1.165) is 25.1 Å². The summed E-state index contributed by atoms with van der Waals surface area (Å²) < 4.78 is 5.33. The Balaban J connectivity index is 2.23. The van der Waals surface area contributed by atoms with E-state index in [2.05, 4.69) is 31.9 Å². The van der Waals surface area contributed by atoms with Crippen LogP contribution in [-0.2, 0) is 0 Å². The van der Waals surface area contributed by atoms with Crippen molar-refractivity contribution in [2.45, 2.75) is 32.2 Å². The molecule has 1 fully saturated rings. The summed E-state index contributed by atoms with van der Waals surface area (Å²) >= 11 is 0. The Morgan fingerprint density at radius 1 is 1.29 bits per heavy atom. The molecule has 1 aliphatic rings. The van der Waals surface area contributed by atoms with Gasteiger partial charge in [-0.2, -0.15) is 0 Å². The highest BCUT2D eigenvalue weighted by Crippen LogP contribution is 2.35. The number of nitrogens with zero attached hydrogens (tertiary/aromatic N) is 1. The number of ether oxygens (including phenoxy) is 1. The Bertz CT molecular complexity index is 424. The Kier molecular flexibility index (Phi) is 3.04. The fraction of sp³-hybridized carbons (Fsp3) is 0.571. The predicted molar refractivity (Wildman–Crippen MR) is 71.9 cm³/mol. The number of anilines is 1. The quantitative estimate of drug-likeness (QED) is 0.868. The number of likely N-dealkylation sites (N-methyl/N-ethyl adjacent to an activating group) is 1. The second-order valence-electron chi connectivity index (χ2n) is 5.26. The summed E-state index contributed by atoms with van der Waals surface area (Å²) in [5.41, 5.74) is 9.94. The molecule has 1 aromatic rings. The zero-order chi connectivity index (χ0) is 12.6. The molecule has 0 heterocycles. The first-order chi connectivity index (χ1) is 7.97. The summed E-state index contributed by atoms with van der Waals surface area (Å²) in [7, 11) is 3.82. The van der Waals surface area contributed by atoms with Crippen molar-refractivity contribution in [2.24, 2.45) is 5.73 Å². The Hall–Kier alpha value is -1.22. The van der Waals surface area contributed by atoms with E-state index in [1.807, 2.05) is 6.07 Å². The molecule has 3 nitrogen and oxygen atoms in total. The third-order valence-electron chi connectivity index (χ3n) is 3.78. The maximum atomic E-state index is 6.16. The van der Waals surface area contributed by atoms with Gasteiger partial charge in [0.05, 0.1) is 7.11 Å². The van der Waals surface area contributed by atoms with Crippen molar-refractivity contribution in [2.75, 3.05) is 25.6 Å². The molecule has 94 valence electrons. The summed E-state index contributed by atoms with van der Waals surface area (Å²) in [6.07, 6.45) is 2.29. The van der Waals surface area contributed by atoms with Crippen molar-refractivity contribution >= 4 is 5.69 Å². The van der Waals surface area contributed by atoms with Crippen molar-refractivity contribution in [3.63, 3.8) is 0 Å². The maximum absolute atomic E-state index is 6.16. The third-order valence-corrected chi connectivity index (χ3v) is 3.78. The lowest BCUT2D eigenvalue weighted by atomic mass is 10.1.